The van der Waals surface area contributed by atoms with Gasteiger partial charge in [-0.2, -0.15) is 0 Å². The van der Waals surface area contributed by atoms with Crippen molar-refractivity contribution >= 4 is 49.6 Å². The highest BCUT2D eigenvalue weighted by atomic mass is 15.1. The summed E-state index contributed by atoms with van der Waals surface area (Å²) in [5.41, 5.74) is 14.1. The van der Waals surface area contributed by atoms with E-state index in [0.717, 1.165) is 22.7 Å². The fourth-order valence-electron chi connectivity index (χ4n) is 7.85. The molecule has 0 aliphatic heterocycles. The van der Waals surface area contributed by atoms with Gasteiger partial charge >= 0.3 is 0 Å². The van der Waals surface area contributed by atoms with Gasteiger partial charge in [-0.05, 0) is 111 Å². The Labute approximate surface area is 315 Å². The van der Waals surface area contributed by atoms with E-state index in [2.05, 4.69) is 228 Å². The molecule has 0 atom stereocenters. The average molecular weight is 689 g/mol. The number of hydrogen-bond acceptors (Lipinski definition) is 1. The van der Waals surface area contributed by atoms with Crippen LogP contribution in [0.1, 0.15) is 0 Å². The van der Waals surface area contributed by atoms with E-state index in [1.807, 2.05) is 0 Å². The summed E-state index contributed by atoms with van der Waals surface area (Å²) < 4.78 is 2.40. The third-order valence-corrected chi connectivity index (χ3v) is 10.6. The van der Waals surface area contributed by atoms with Crippen LogP contribution in [0.3, 0.4) is 0 Å². The molecule has 9 aromatic carbocycles. The lowest BCUT2D eigenvalue weighted by molar-refractivity contribution is 1.18. The van der Waals surface area contributed by atoms with Gasteiger partial charge in [0.05, 0.1) is 11.0 Å². The molecule has 1 aromatic heterocycles. The molecular weight excluding hydrogens is 653 g/mol. The van der Waals surface area contributed by atoms with Gasteiger partial charge in [-0.25, -0.2) is 0 Å². The number of aromatic nitrogens is 1. The van der Waals surface area contributed by atoms with Crippen molar-refractivity contribution in [2.75, 3.05) is 4.90 Å². The van der Waals surface area contributed by atoms with Crippen molar-refractivity contribution in [2.45, 2.75) is 0 Å². The Balaban J connectivity index is 0.997. The van der Waals surface area contributed by atoms with Gasteiger partial charge in [-0.15, -0.1) is 0 Å². The lowest BCUT2D eigenvalue weighted by Crippen LogP contribution is -2.09. The average Bonchev–Trinajstić information content (AvgIpc) is 3.57. The molecule has 0 N–H and O–H groups in total. The first-order valence-corrected chi connectivity index (χ1v) is 18.5. The van der Waals surface area contributed by atoms with E-state index in [1.165, 1.54) is 66.0 Å². The fraction of sp³-hybridized carbons (Fsp3) is 0. The van der Waals surface area contributed by atoms with Crippen molar-refractivity contribution < 1.29 is 0 Å². The molecule has 54 heavy (non-hydrogen) atoms. The number of benzene rings is 9. The molecule has 0 radical (unpaired) electrons. The molecular formula is C52H36N2. The number of anilines is 3. The van der Waals surface area contributed by atoms with Crippen molar-refractivity contribution in [3.05, 3.63) is 218 Å². The molecule has 0 unspecified atom stereocenters. The van der Waals surface area contributed by atoms with Crippen LogP contribution < -0.4 is 4.90 Å². The third kappa shape index (κ3) is 5.71. The van der Waals surface area contributed by atoms with Crippen LogP contribution in [0, 0.1) is 0 Å². The molecule has 10 rings (SSSR count). The second-order valence-corrected chi connectivity index (χ2v) is 13.8. The highest BCUT2D eigenvalue weighted by Crippen LogP contribution is 2.39. The highest BCUT2D eigenvalue weighted by Gasteiger charge is 2.16. The zero-order valence-electron chi connectivity index (χ0n) is 29.7. The summed E-state index contributed by atoms with van der Waals surface area (Å²) in [4.78, 5) is 2.34. The van der Waals surface area contributed by atoms with Gasteiger partial charge in [0.15, 0.2) is 0 Å². The smallest absolute Gasteiger partial charge is 0.0547 e. The van der Waals surface area contributed by atoms with E-state index in [4.69, 9.17) is 0 Å². The molecule has 2 heteroatoms. The van der Waals surface area contributed by atoms with Crippen LogP contribution in [0.2, 0.25) is 0 Å². The van der Waals surface area contributed by atoms with Gasteiger partial charge in [0.2, 0.25) is 0 Å². The van der Waals surface area contributed by atoms with E-state index < -0.39 is 0 Å². The molecule has 0 amide bonds. The predicted octanol–water partition coefficient (Wildman–Crippen LogP) is 14.4. The minimum atomic E-state index is 1.10. The second kappa shape index (κ2) is 13.4. The van der Waals surface area contributed by atoms with E-state index in [0.29, 0.717) is 0 Å². The summed E-state index contributed by atoms with van der Waals surface area (Å²) in [5, 5.41) is 5.06. The van der Waals surface area contributed by atoms with E-state index >= 15 is 0 Å². The molecule has 0 bridgehead atoms. The molecule has 0 fully saturated rings. The van der Waals surface area contributed by atoms with E-state index in [-0.39, 0.29) is 0 Å². The van der Waals surface area contributed by atoms with Crippen molar-refractivity contribution in [3.8, 4) is 39.1 Å². The van der Waals surface area contributed by atoms with Gasteiger partial charge in [0.25, 0.3) is 0 Å². The minimum absolute atomic E-state index is 1.10. The summed E-state index contributed by atoms with van der Waals surface area (Å²) in [6.07, 6.45) is 0. The largest absolute Gasteiger partial charge is 0.311 e. The third-order valence-electron chi connectivity index (χ3n) is 10.6. The summed E-state index contributed by atoms with van der Waals surface area (Å²) >= 11 is 0. The van der Waals surface area contributed by atoms with Crippen LogP contribution in [0.25, 0.3) is 71.6 Å². The molecule has 0 aliphatic carbocycles. The molecule has 10 aromatic rings. The van der Waals surface area contributed by atoms with Gasteiger partial charge in [0, 0.05) is 33.5 Å². The summed E-state index contributed by atoms with van der Waals surface area (Å²) in [6, 6.07) is 78.8. The standard InChI is InChI=1S/C52H36N2/c1-3-11-37(12-4-1)39-19-27-45(28-20-39)53(46-29-21-40(22-30-46)38-13-5-2-6-14-38)47-31-23-41(24-32-47)42-25-33-48(34-26-42)54-51-18-10-9-17-49(51)50-35-43-15-7-8-16-44(43)36-52(50)54/h1-36H. The lowest BCUT2D eigenvalue weighted by atomic mass is 10.0. The van der Waals surface area contributed by atoms with E-state index in [9.17, 15) is 0 Å². The first-order valence-electron chi connectivity index (χ1n) is 18.5. The summed E-state index contributed by atoms with van der Waals surface area (Å²) in [6.45, 7) is 0. The molecule has 0 saturated heterocycles. The Morgan fingerprint density at radius 2 is 0.667 bits per heavy atom. The zero-order valence-corrected chi connectivity index (χ0v) is 29.7. The van der Waals surface area contributed by atoms with Crippen molar-refractivity contribution in [2.24, 2.45) is 0 Å². The maximum absolute atomic E-state index is 2.40. The molecule has 254 valence electrons. The Morgan fingerprint density at radius 3 is 1.17 bits per heavy atom. The molecule has 0 aliphatic rings. The van der Waals surface area contributed by atoms with Gasteiger partial charge in [-0.1, -0.05) is 152 Å². The molecule has 1 heterocycles. The molecule has 2 nitrogen and oxygen atoms in total. The Hall–Kier alpha value is -7.16. The maximum atomic E-state index is 2.40. The first-order chi connectivity index (χ1) is 26.8. The fourth-order valence-corrected chi connectivity index (χ4v) is 7.85. The van der Waals surface area contributed by atoms with Crippen molar-refractivity contribution in [1.29, 1.82) is 0 Å². The summed E-state index contributed by atoms with van der Waals surface area (Å²) in [7, 11) is 0. The summed E-state index contributed by atoms with van der Waals surface area (Å²) in [5.74, 6) is 0. The number of para-hydroxylation sites is 1. The minimum Gasteiger partial charge on any atom is -0.311 e. The quantitative estimate of drug-likeness (QED) is 0.162. The van der Waals surface area contributed by atoms with Crippen molar-refractivity contribution in [3.63, 3.8) is 0 Å². The van der Waals surface area contributed by atoms with Gasteiger partial charge in [-0.3, -0.25) is 0 Å². The Kier molecular flexibility index (Phi) is 7.85. The second-order valence-electron chi connectivity index (χ2n) is 13.8. The van der Waals surface area contributed by atoms with Crippen LogP contribution in [-0.4, -0.2) is 4.57 Å². The van der Waals surface area contributed by atoms with Crippen LogP contribution >= 0.6 is 0 Å². The Bertz CT molecular complexity index is 2790. The van der Waals surface area contributed by atoms with Crippen LogP contribution in [-0.2, 0) is 0 Å². The maximum Gasteiger partial charge on any atom is 0.0547 e. The van der Waals surface area contributed by atoms with Gasteiger partial charge < -0.3 is 9.47 Å². The number of nitrogens with zero attached hydrogens (tertiary/aromatic N) is 2. The van der Waals surface area contributed by atoms with Crippen LogP contribution in [0.15, 0.2) is 218 Å². The van der Waals surface area contributed by atoms with E-state index in [1.54, 1.807) is 0 Å². The monoisotopic (exact) mass is 688 g/mol. The zero-order chi connectivity index (χ0) is 35.8. The molecule has 0 saturated carbocycles. The predicted molar refractivity (Wildman–Crippen MR) is 229 cm³/mol. The first kappa shape index (κ1) is 31.6. The normalized spacial score (nSPS) is 11.3. The number of fused-ring (bicyclic) bond motifs is 4. The van der Waals surface area contributed by atoms with Crippen molar-refractivity contribution in [1.82, 2.24) is 4.57 Å². The number of rotatable bonds is 7. The van der Waals surface area contributed by atoms with Crippen LogP contribution in [0.4, 0.5) is 17.1 Å². The lowest BCUT2D eigenvalue weighted by Gasteiger charge is -2.26. The number of hydrogen-bond donors (Lipinski definition) is 0. The van der Waals surface area contributed by atoms with Gasteiger partial charge in [0.1, 0.15) is 0 Å². The van der Waals surface area contributed by atoms with Crippen LogP contribution in [0.5, 0.6) is 0 Å². The Morgan fingerprint density at radius 1 is 0.278 bits per heavy atom. The SMILES string of the molecule is c1ccc(-c2ccc(N(c3ccc(-c4ccccc4)cc3)c3ccc(-c4ccc(-n5c6ccccc6c6cc7ccccc7cc65)cc4)cc3)cc2)cc1. The topological polar surface area (TPSA) is 8.17 Å². The highest BCUT2D eigenvalue weighted by molar-refractivity contribution is 6.13. The molecule has 0 spiro atoms.